The Balaban J connectivity index is 0.00000128. The number of nitrogens with one attached hydrogen (secondary N) is 1. The number of benzene rings is 1. The Kier molecular flexibility index (Phi) is 4.52. The summed E-state index contributed by atoms with van der Waals surface area (Å²) in [4.78, 5) is 7.28. The molecule has 2 rings (SSSR count). The highest BCUT2D eigenvalue weighted by Crippen LogP contribution is 2.20. The minimum Gasteiger partial charge on any atom is -0.497 e. The summed E-state index contributed by atoms with van der Waals surface area (Å²) in [6.07, 6.45) is 1.78. The molecule has 0 aliphatic rings. The van der Waals surface area contributed by atoms with Crippen molar-refractivity contribution in [2.24, 2.45) is 5.73 Å². The maximum Gasteiger partial charge on any atom is 0.120 e. The molecule has 0 atom stereocenters. The van der Waals surface area contributed by atoms with Crippen LogP contribution in [0.4, 0.5) is 0 Å². The van der Waals surface area contributed by atoms with Gasteiger partial charge in [0.1, 0.15) is 11.6 Å². The number of nitrogens with two attached hydrogens (primary N) is 1. The molecule has 0 saturated heterocycles. The summed E-state index contributed by atoms with van der Waals surface area (Å²) in [7, 11) is 1.65. The number of nitrogens with zero attached hydrogens (tertiary/aromatic N) is 1. The van der Waals surface area contributed by atoms with Gasteiger partial charge in [-0.25, -0.2) is 4.98 Å². The van der Waals surface area contributed by atoms with Crippen molar-refractivity contribution >= 4 is 17.0 Å². The fourth-order valence-electron chi connectivity index (χ4n) is 1.38. The Morgan fingerprint density at radius 1 is 1.31 bits per heavy atom. The third-order valence-electron chi connectivity index (χ3n) is 2.22. The summed E-state index contributed by atoms with van der Waals surface area (Å²) in [6.45, 7) is 0.427. The number of halogens is 1. The molecule has 86 valence electrons. The van der Waals surface area contributed by atoms with Crippen LogP contribution < -0.4 is 10.5 Å². The molecule has 0 amide bonds. The van der Waals surface area contributed by atoms with Crippen LogP contribution in [0.25, 0.3) is 11.3 Å². The van der Waals surface area contributed by atoms with Gasteiger partial charge in [0.2, 0.25) is 0 Å². The number of imidazole rings is 1. The van der Waals surface area contributed by atoms with E-state index in [4.69, 9.17) is 10.5 Å². The van der Waals surface area contributed by atoms with Gasteiger partial charge in [0.05, 0.1) is 25.5 Å². The first-order valence-corrected chi connectivity index (χ1v) is 4.72. The zero-order chi connectivity index (χ0) is 10.7. The van der Waals surface area contributed by atoms with Crippen molar-refractivity contribution in [1.29, 1.82) is 0 Å². The van der Waals surface area contributed by atoms with Gasteiger partial charge in [-0.15, -0.1) is 17.0 Å². The highest BCUT2D eigenvalue weighted by Gasteiger charge is 2.01. The number of rotatable bonds is 3. The Morgan fingerprint density at radius 2 is 2.00 bits per heavy atom. The van der Waals surface area contributed by atoms with Gasteiger partial charge in [-0.3, -0.25) is 0 Å². The molecule has 4 nitrogen and oxygen atoms in total. The summed E-state index contributed by atoms with van der Waals surface area (Å²) in [6, 6.07) is 7.79. The first-order chi connectivity index (χ1) is 7.33. The van der Waals surface area contributed by atoms with Gasteiger partial charge in [-0.1, -0.05) is 0 Å². The standard InChI is InChI=1S/C11H13N3O.BrH/c1-15-9-4-2-8(3-5-9)10-7-13-11(6-12)14-10;/h2-5,7H,6,12H2,1H3,(H,13,14);1H. The minimum absolute atomic E-state index is 0. The molecule has 2 aromatic rings. The smallest absolute Gasteiger partial charge is 0.120 e. The quantitative estimate of drug-likeness (QED) is 0.907. The van der Waals surface area contributed by atoms with Crippen LogP contribution in [0.3, 0.4) is 0 Å². The molecule has 1 heterocycles. The van der Waals surface area contributed by atoms with Crippen LogP contribution in [0.2, 0.25) is 0 Å². The maximum absolute atomic E-state index is 5.47. The predicted molar refractivity (Wildman–Crippen MR) is 68.8 cm³/mol. The van der Waals surface area contributed by atoms with Gasteiger partial charge in [0, 0.05) is 0 Å². The summed E-state index contributed by atoms with van der Waals surface area (Å²) in [5, 5.41) is 0. The molecule has 1 aromatic heterocycles. The third kappa shape index (κ3) is 2.62. The number of hydrogen-bond donors (Lipinski definition) is 2. The van der Waals surface area contributed by atoms with Crippen molar-refractivity contribution in [1.82, 2.24) is 9.97 Å². The average molecular weight is 284 g/mol. The molecule has 3 N–H and O–H groups in total. The molecule has 0 radical (unpaired) electrons. The number of methoxy groups -OCH3 is 1. The molecule has 0 fully saturated rings. The van der Waals surface area contributed by atoms with Gasteiger partial charge in [0.25, 0.3) is 0 Å². The van der Waals surface area contributed by atoms with Crippen LogP contribution >= 0.6 is 17.0 Å². The third-order valence-corrected chi connectivity index (χ3v) is 2.22. The number of aromatic nitrogens is 2. The lowest BCUT2D eigenvalue weighted by atomic mass is 10.2. The van der Waals surface area contributed by atoms with Gasteiger partial charge >= 0.3 is 0 Å². The van der Waals surface area contributed by atoms with Crippen molar-refractivity contribution in [2.45, 2.75) is 6.54 Å². The van der Waals surface area contributed by atoms with E-state index in [2.05, 4.69) is 9.97 Å². The van der Waals surface area contributed by atoms with Crippen LogP contribution in [0.15, 0.2) is 30.5 Å². The molecule has 0 bridgehead atoms. The molecule has 0 spiro atoms. The molecule has 0 unspecified atom stereocenters. The number of aromatic amines is 1. The molecule has 16 heavy (non-hydrogen) atoms. The number of H-pyrrole nitrogens is 1. The first kappa shape index (κ1) is 12.7. The number of ether oxygens (including phenoxy) is 1. The van der Waals surface area contributed by atoms with E-state index in [0.29, 0.717) is 6.54 Å². The van der Waals surface area contributed by atoms with E-state index < -0.39 is 0 Å². The second kappa shape index (κ2) is 5.67. The Morgan fingerprint density at radius 3 is 2.50 bits per heavy atom. The molecule has 1 aromatic carbocycles. The van der Waals surface area contributed by atoms with Gasteiger partial charge < -0.3 is 15.5 Å². The fraction of sp³-hybridized carbons (Fsp3) is 0.182. The zero-order valence-corrected chi connectivity index (χ0v) is 10.6. The van der Waals surface area contributed by atoms with Crippen molar-refractivity contribution in [2.75, 3.05) is 7.11 Å². The van der Waals surface area contributed by atoms with Crippen molar-refractivity contribution < 1.29 is 4.74 Å². The lowest BCUT2D eigenvalue weighted by molar-refractivity contribution is 0.415. The second-order valence-corrected chi connectivity index (χ2v) is 3.18. The normalized spacial score (nSPS) is 9.62. The predicted octanol–water partition coefficient (Wildman–Crippen LogP) is 2.12. The molecule has 5 heteroatoms. The Labute approximate surface area is 105 Å². The molecule has 0 aliphatic heterocycles. The molecule has 0 saturated carbocycles. The van der Waals surface area contributed by atoms with Crippen molar-refractivity contribution in [3.8, 4) is 17.0 Å². The topological polar surface area (TPSA) is 63.9 Å². The van der Waals surface area contributed by atoms with Gasteiger partial charge in [0.15, 0.2) is 0 Å². The van der Waals surface area contributed by atoms with E-state index in [0.717, 1.165) is 22.8 Å². The fourth-order valence-corrected chi connectivity index (χ4v) is 1.38. The first-order valence-electron chi connectivity index (χ1n) is 4.72. The monoisotopic (exact) mass is 283 g/mol. The Hall–Kier alpha value is -1.33. The highest BCUT2D eigenvalue weighted by molar-refractivity contribution is 8.93. The van der Waals surface area contributed by atoms with Crippen LogP contribution in [0.1, 0.15) is 5.82 Å². The summed E-state index contributed by atoms with van der Waals surface area (Å²) >= 11 is 0. The van der Waals surface area contributed by atoms with Crippen molar-refractivity contribution in [3.63, 3.8) is 0 Å². The second-order valence-electron chi connectivity index (χ2n) is 3.18. The molecular weight excluding hydrogens is 270 g/mol. The summed E-state index contributed by atoms with van der Waals surface area (Å²) in [5.74, 6) is 1.64. The minimum atomic E-state index is 0. The van der Waals surface area contributed by atoms with E-state index in [9.17, 15) is 0 Å². The van der Waals surface area contributed by atoms with E-state index >= 15 is 0 Å². The summed E-state index contributed by atoms with van der Waals surface area (Å²) in [5.41, 5.74) is 7.52. The number of hydrogen-bond acceptors (Lipinski definition) is 3. The van der Waals surface area contributed by atoms with Gasteiger partial charge in [-0.05, 0) is 29.8 Å². The van der Waals surface area contributed by atoms with Gasteiger partial charge in [-0.2, -0.15) is 0 Å². The SMILES string of the molecule is Br.COc1ccc(-c2cnc(CN)[nH]2)cc1. The average Bonchev–Trinajstić information content (AvgIpc) is 2.78. The van der Waals surface area contributed by atoms with Crippen molar-refractivity contribution in [3.05, 3.63) is 36.3 Å². The lowest BCUT2D eigenvalue weighted by Gasteiger charge is -2.00. The van der Waals surface area contributed by atoms with Crippen LogP contribution in [0, 0.1) is 0 Å². The highest BCUT2D eigenvalue weighted by atomic mass is 79.9. The maximum atomic E-state index is 5.47. The van der Waals surface area contributed by atoms with E-state index in [1.54, 1.807) is 13.3 Å². The van der Waals surface area contributed by atoms with E-state index in [-0.39, 0.29) is 17.0 Å². The van der Waals surface area contributed by atoms with E-state index in [1.165, 1.54) is 0 Å². The largest absolute Gasteiger partial charge is 0.497 e. The molecular formula is C11H14BrN3O. The van der Waals surface area contributed by atoms with Crippen LogP contribution in [-0.2, 0) is 6.54 Å². The van der Waals surface area contributed by atoms with Crippen LogP contribution in [-0.4, -0.2) is 17.1 Å². The lowest BCUT2D eigenvalue weighted by Crippen LogP contribution is -1.97. The van der Waals surface area contributed by atoms with Crippen LogP contribution in [0.5, 0.6) is 5.75 Å². The Bertz CT molecular complexity index is 439. The summed E-state index contributed by atoms with van der Waals surface area (Å²) < 4.78 is 5.09. The van der Waals surface area contributed by atoms with E-state index in [1.807, 2.05) is 24.3 Å². The zero-order valence-electron chi connectivity index (χ0n) is 8.93. The molecule has 0 aliphatic carbocycles.